The molecule has 2 aliphatic heterocycles. The average Bonchev–Trinajstić information content (AvgIpc) is 3.28. The number of rotatable bonds is 4. The highest BCUT2D eigenvalue weighted by Crippen LogP contribution is 2.30. The molecule has 8 nitrogen and oxygen atoms in total. The molecule has 11 heteroatoms. The van der Waals surface area contributed by atoms with Crippen molar-refractivity contribution in [3.8, 4) is 0 Å². The first-order valence-electron chi connectivity index (χ1n) is 12.4. The zero-order valence-electron chi connectivity index (χ0n) is 20.6. The zero-order valence-corrected chi connectivity index (χ0v) is 20.6. The molecular formula is C25H31F3N6O2. The molecule has 0 saturated carbocycles. The minimum absolute atomic E-state index is 0.0488. The number of aryl methyl sites for hydroxylation is 1. The zero-order chi connectivity index (χ0) is 25.6. The summed E-state index contributed by atoms with van der Waals surface area (Å²) >= 11 is 0. The van der Waals surface area contributed by atoms with Crippen molar-refractivity contribution in [3.63, 3.8) is 0 Å². The smallest absolute Gasteiger partial charge is 0.336 e. The van der Waals surface area contributed by atoms with Gasteiger partial charge in [0.25, 0.3) is 11.5 Å². The number of aromatic amines is 1. The van der Waals surface area contributed by atoms with Crippen molar-refractivity contribution in [2.45, 2.75) is 38.4 Å². The van der Waals surface area contributed by atoms with E-state index in [0.29, 0.717) is 42.6 Å². The predicted octanol–water partition coefficient (Wildman–Crippen LogP) is 3.16. The number of piperazine rings is 1. The van der Waals surface area contributed by atoms with Crippen LogP contribution in [0.25, 0.3) is 21.8 Å². The van der Waals surface area contributed by atoms with Gasteiger partial charge in [0.15, 0.2) is 0 Å². The molecule has 4 heterocycles. The molecule has 2 aromatic heterocycles. The SMILES string of the molecule is Cc1cc2[nH]c(=O)c3cnn(C4CCN(C)CC4)c3c2cc1C(=O)N1CCN(CCC(F)(F)F)CC1. The molecule has 194 valence electrons. The number of hydrogen-bond acceptors (Lipinski definition) is 5. The lowest BCUT2D eigenvalue weighted by Gasteiger charge is -2.35. The standard InChI is InChI=1S/C25H31F3N6O2/c1-16-13-21-19(14-18(16)24(36)33-11-9-32(10-12-33)8-5-25(26,27)28)22-20(23(35)30-21)15-29-34(22)17-3-6-31(2)7-4-17/h13-15,17H,3-12H2,1-2H3,(H,30,35). The van der Waals surface area contributed by atoms with Crippen LogP contribution < -0.4 is 5.56 Å². The van der Waals surface area contributed by atoms with E-state index in [2.05, 4.69) is 22.0 Å². The fourth-order valence-electron chi connectivity index (χ4n) is 5.37. The summed E-state index contributed by atoms with van der Waals surface area (Å²) < 4.78 is 39.6. The van der Waals surface area contributed by atoms with Crippen LogP contribution in [0.4, 0.5) is 13.2 Å². The lowest BCUT2D eigenvalue weighted by molar-refractivity contribution is -0.138. The van der Waals surface area contributed by atoms with E-state index in [9.17, 15) is 22.8 Å². The number of carbonyl (C=O) groups is 1. The number of hydrogen-bond donors (Lipinski definition) is 1. The number of H-pyrrole nitrogens is 1. The van der Waals surface area contributed by atoms with Gasteiger partial charge in [0.1, 0.15) is 0 Å². The molecule has 5 rings (SSSR count). The molecule has 0 aliphatic carbocycles. The third-order valence-electron chi connectivity index (χ3n) is 7.54. The first kappa shape index (κ1) is 24.8. The van der Waals surface area contributed by atoms with Gasteiger partial charge in [0.05, 0.1) is 35.1 Å². The Morgan fingerprint density at radius 1 is 1.08 bits per heavy atom. The summed E-state index contributed by atoms with van der Waals surface area (Å²) in [4.78, 5) is 34.9. The summed E-state index contributed by atoms with van der Waals surface area (Å²) in [5.41, 5.74) is 2.48. The molecule has 2 saturated heterocycles. The van der Waals surface area contributed by atoms with Gasteiger partial charge in [-0.2, -0.15) is 18.3 Å². The van der Waals surface area contributed by atoms with Crippen molar-refractivity contribution >= 4 is 27.7 Å². The quantitative estimate of drug-likeness (QED) is 0.591. The number of benzene rings is 1. The molecule has 0 unspecified atom stereocenters. The molecule has 36 heavy (non-hydrogen) atoms. The van der Waals surface area contributed by atoms with Crippen LogP contribution in [0.15, 0.2) is 23.1 Å². The van der Waals surface area contributed by atoms with E-state index < -0.39 is 12.6 Å². The normalized spacial score (nSPS) is 19.0. The summed E-state index contributed by atoms with van der Waals surface area (Å²) in [6.45, 7) is 5.26. The number of fused-ring (bicyclic) bond motifs is 3. The maximum atomic E-state index is 13.5. The Labute approximate surface area is 206 Å². The topological polar surface area (TPSA) is 77.5 Å². The average molecular weight is 505 g/mol. The number of nitrogens with zero attached hydrogens (tertiary/aromatic N) is 5. The molecule has 2 fully saturated rings. The molecule has 0 atom stereocenters. The van der Waals surface area contributed by atoms with Gasteiger partial charge in [0.2, 0.25) is 0 Å². The number of amides is 1. The number of pyridine rings is 1. The number of carbonyl (C=O) groups excluding carboxylic acids is 1. The molecule has 2 aliphatic rings. The highest BCUT2D eigenvalue weighted by Gasteiger charge is 2.30. The van der Waals surface area contributed by atoms with Crippen LogP contribution in [0.5, 0.6) is 0 Å². The van der Waals surface area contributed by atoms with E-state index in [1.165, 1.54) is 0 Å². The number of aromatic nitrogens is 3. The molecule has 1 amide bonds. The summed E-state index contributed by atoms with van der Waals surface area (Å²) in [6, 6.07) is 3.84. The Bertz CT molecular complexity index is 1330. The number of halogens is 3. The lowest BCUT2D eigenvalue weighted by Crippen LogP contribution is -2.49. The van der Waals surface area contributed by atoms with Crippen LogP contribution in [0.2, 0.25) is 0 Å². The minimum Gasteiger partial charge on any atom is -0.336 e. The maximum absolute atomic E-state index is 13.5. The van der Waals surface area contributed by atoms with Crippen LogP contribution in [0.1, 0.15) is 41.2 Å². The van der Waals surface area contributed by atoms with E-state index in [1.807, 2.05) is 23.7 Å². The van der Waals surface area contributed by atoms with Crippen molar-refractivity contribution < 1.29 is 18.0 Å². The van der Waals surface area contributed by atoms with E-state index in [1.54, 1.807) is 16.0 Å². The third kappa shape index (κ3) is 4.86. The molecule has 3 aromatic rings. The fraction of sp³-hybridized carbons (Fsp3) is 0.560. The molecule has 0 bridgehead atoms. The minimum atomic E-state index is -4.18. The molecule has 1 N–H and O–H groups in total. The van der Waals surface area contributed by atoms with Gasteiger partial charge in [-0.15, -0.1) is 0 Å². The van der Waals surface area contributed by atoms with Crippen molar-refractivity contribution in [2.75, 3.05) is 52.9 Å². The number of piperidine rings is 1. The van der Waals surface area contributed by atoms with Gasteiger partial charge in [-0.1, -0.05) is 0 Å². The highest BCUT2D eigenvalue weighted by molar-refractivity contribution is 6.07. The molecule has 0 radical (unpaired) electrons. The van der Waals surface area contributed by atoms with Gasteiger partial charge < -0.3 is 14.8 Å². The van der Waals surface area contributed by atoms with Crippen molar-refractivity contribution in [2.24, 2.45) is 0 Å². The fourth-order valence-corrected chi connectivity index (χ4v) is 5.37. The van der Waals surface area contributed by atoms with E-state index in [4.69, 9.17) is 0 Å². The van der Waals surface area contributed by atoms with E-state index in [-0.39, 0.29) is 24.1 Å². The monoisotopic (exact) mass is 504 g/mol. The van der Waals surface area contributed by atoms with Gasteiger partial charge in [0, 0.05) is 43.7 Å². The van der Waals surface area contributed by atoms with Crippen LogP contribution in [0.3, 0.4) is 0 Å². The van der Waals surface area contributed by atoms with Crippen LogP contribution in [-0.2, 0) is 0 Å². The Morgan fingerprint density at radius 2 is 1.78 bits per heavy atom. The summed E-state index contributed by atoms with van der Waals surface area (Å²) in [7, 11) is 2.09. The molecule has 1 aromatic carbocycles. The van der Waals surface area contributed by atoms with Gasteiger partial charge in [-0.25, -0.2) is 0 Å². The van der Waals surface area contributed by atoms with E-state index >= 15 is 0 Å². The second kappa shape index (κ2) is 9.51. The van der Waals surface area contributed by atoms with Crippen molar-refractivity contribution in [3.05, 3.63) is 39.8 Å². The lowest BCUT2D eigenvalue weighted by atomic mass is 10.0. The molecule has 0 spiro atoms. The van der Waals surface area contributed by atoms with Crippen LogP contribution in [-0.4, -0.2) is 94.4 Å². The summed E-state index contributed by atoms with van der Waals surface area (Å²) in [6.07, 6.45) is -1.56. The van der Waals surface area contributed by atoms with Crippen LogP contribution >= 0.6 is 0 Å². The summed E-state index contributed by atoms with van der Waals surface area (Å²) in [5, 5.41) is 5.86. The first-order chi connectivity index (χ1) is 17.1. The third-order valence-corrected chi connectivity index (χ3v) is 7.54. The summed E-state index contributed by atoms with van der Waals surface area (Å²) in [5.74, 6) is -0.144. The first-order valence-corrected chi connectivity index (χ1v) is 12.4. The Morgan fingerprint density at radius 3 is 2.44 bits per heavy atom. The van der Waals surface area contributed by atoms with Crippen molar-refractivity contribution in [1.82, 2.24) is 29.5 Å². The Balaban J connectivity index is 1.44. The van der Waals surface area contributed by atoms with Gasteiger partial charge in [-0.05, 0) is 57.6 Å². The Kier molecular flexibility index (Phi) is 6.54. The second-order valence-corrected chi connectivity index (χ2v) is 10.1. The van der Waals surface area contributed by atoms with Crippen molar-refractivity contribution in [1.29, 1.82) is 0 Å². The van der Waals surface area contributed by atoms with E-state index in [0.717, 1.165) is 42.4 Å². The molecular weight excluding hydrogens is 473 g/mol. The number of nitrogens with one attached hydrogen (secondary N) is 1. The predicted molar refractivity (Wildman–Crippen MR) is 131 cm³/mol. The maximum Gasteiger partial charge on any atom is 0.390 e. The second-order valence-electron chi connectivity index (χ2n) is 10.1. The largest absolute Gasteiger partial charge is 0.390 e. The highest BCUT2D eigenvalue weighted by atomic mass is 19.4. The number of alkyl halides is 3. The van der Waals surface area contributed by atoms with Gasteiger partial charge >= 0.3 is 6.18 Å². The van der Waals surface area contributed by atoms with Gasteiger partial charge in [-0.3, -0.25) is 19.2 Å². The number of likely N-dealkylation sites (tertiary alicyclic amines) is 1. The van der Waals surface area contributed by atoms with Crippen LogP contribution in [0, 0.1) is 6.92 Å². The Hall–Kier alpha value is -2.92.